The Labute approximate surface area is 137 Å². The molecular weight excluding hydrogens is 288 g/mol. The molecule has 4 rings (SSSR count). The molecule has 1 atom stereocenters. The summed E-state index contributed by atoms with van der Waals surface area (Å²) in [7, 11) is 0. The number of anilines is 1. The standard InChI is InChI=1S/C16H23N5.CHN/c1-12-11-21-15(18-16(12)20-8-4-5-9-20)10-14(19-21)13-6-2-3-7-17-13;1-2/h10-11,13,17H,2-9H2,1H3;1H. The lowest BCUT2D eigenvalue weighted by atomic mass is 10.0. The van der Waals surface area contributed by atoms with Crippen molar-refractivity contribution in [2.24, 2.45) is 0 Å². The van der Waals surface area contributed by atoms with Crippen molar-refractivity contribution in [1.29, 1.82) is 5.26 Å². The number of hydrogen-bond acceptors (Lipinski definition) is 5. The van der Waals surface area contributed by atoms with Crippen LogP contribution in [-0.2, 0) is 0 Å². The van der Waals surface area contributed by atoms with Crippen molar-refractivity contribution in [2.45, 2.75) is 45.1 Å². The van der Waals surface area contributed by atoms with E-state index in [1.807, 2.05) is 4.52 Å². The molecule has 6 heteroatoms. The third-order valence-electron chi connectivity index (χ3n) is 4.70. The molecule has 2 aromatic heterocycles. The molecule has 6 nitrogen and oxygen atoms in total. The van der Waals surface area contributed by atoms with Crippen LogP contribution in [0.2, 0.25) is 0 Å². The van der Waals surface area contributed by atoms with E-state index in [1.165, 1.54) is 37.7 Å². The lowest BCUT2D eigenvalue weighted by Crippen LogP contribution is -2.27. The summed E-state index contributed by atoms with van der Waals surface area (Å²) in [6.07, 6.45) is 8.44. The Hall–Kier alpha value is -2.13. The molecule has 2 aromatic rings. The summed E-state index contributed by atoms with van der Waals surface area (Å²) in [5.41, 5.74) is 3.33. The van der Waals surface area contributed by atoms with Gasteiger partial charge in [-0.3, -0.25) is 0 Å². The first kappa shape index (κ1) is 15.8. The first-order chi connectivity index (χ1) is 11.3. The highest BCUT2D eigenvalue weighted by atomic mass is 15.3. The summed E-state index contributed by atoms with van der Waals surface area (Å²) < 4.78 is 1.94. The lowest BCUT2D eigenvalue weighted by molar-refractivity contribution is 0.404. The summed E-state index contributed by atoms with van der Waals surface area (Å²) >= 11 is 0. The van der Waals surface area contributed by atoms with Gasteiger partial charge in [-0.25, -0.2) is 14.8 Å². The van der Waals surface area contributed by atoms with Crippen molar-refractivity contribution in [3.63, 3.8) is 0 Å². The van der Waals surface area contributed by atoms with Crippen LogP contribution in [0.25, 0.3) is 5.65 Å². The van der Waals surface area contributed by atoms with E-state index >= 15 is 0 Å². The van der Waals surface area contributed by atoms with E-state index in [-0.39, 0.29) is 0 Å². The van der Waals surface area contributed by atoms with E-state index < -0.39 is 0 Å². The summed E-state index contributed by atoms with van der Waals surface area (Å²) in [6.45, 7) is 9.01. The molecule has 0 bridgehead atoms. The third-order valence-corrected chi connectivity index (χ3v) is 4.70. The van der Waals surface area contributed by atoms with Crippen LogP contribution in [0.15, 0.2) is 12.3 Å². The van der Waals surface area contributed by atoms with E-state index in [9.17, 15) is 0 Å². The average molecular weight is 312 g/mol. The van der Waals surface area contributed by atoms with E-state index in [0.717, 1.165) is 36.8 Å². The maximum Gasteiger partial charge on any atom is 0.157 e. The number of hydrogen-bond donors (Lipinski definition) is 1. The van der Waals surface area contributed by atoms with Gasteiger partial charge in [0, 0.05) is 37.5 Å². The molecule has 2 fully saturated rings. The fraction of sp³-hybridized carbons (Fsp3) is 0.588. The van der Waals surface area contributed by atoms with Crippen LogP contribution in [0.3, 0.4) is 0 Å². The van der Waals surface area contributed by atoms with E-state index in [4.69, 9.17) is 15.3 Å². The fourth-order valence-electron chi connectivity index (χ4n) is 3.54. The topological polar surface area (TPSA) is 69.2 Å². The average Bonchev–Trinajstić information content (AvgIpc) is 3.26. The zero-order valence-corrected chi connectivity index (χ0v) is 13.7. The Morgan fingerprint density at radius 3 is 2.70 bits per heavy atom. The van der Waals surface area contributed by atoms with Gasteiger partial charge in [0.15, 0.2) is 5.65 Å². The highest BCUT2D eigenvalue weighted by Gasteiger charge is 2.20. The van der Waals surface area contributed by atoms with Gasteiger partial charge in [-0.2, -0.15) is 5.10 Å². The molecule has 0 amide bonds. The second-order valence-corrected chi connectivity index (χ2v) is 6.32. The van der Waals surface area contributed by atoms with Gasteiger partial charge in [-0.1, -0.05) is 6.42 Å². The van der Waals surface area contributed by atoms with E-state index in [1.54, 1.807) is 0 Å². The zero-order chi connectivity index (χ0) is 16.2. The van der Waals surface area contributed by atoms with Gasteiger partial charge < -0.3 is 10.2 Å². The van der Waals surface area contributed by atoms with Gasteiger partial charge in [0.05, 0.1) is 11.7 Å². The van der Waals surface area contributed by atoms with E-state index in [0.29, 0.717) is 6.04 Å². The van der Waals surface area contributed by atoms with Crippen LogP contribution in [0.5, 0.6) is 0 Å². The SMILES string of the molecule is C#N.Cc1cn2nc(C3CCCCN3)cc2nc1N1CCCC1. The second kappa shape index (κ2) is 6.97. The Morgan fingerprint density at radius 2 is 2.00 bits per heavy atom. The molecule has 122 valence electrons. The van der Waals surface area contributed by atoms with Crippen molar-refractivity contribution >= 4 is 11.5 Å². The van der Waals surface area contributed by atoms with Crippen LogP contribution in [0.4, 0.5) is 5.82 Å². The maximum absolute atomic E-state index is 6.50. The molecule has 0 spiro atoms. The highest BCUT2D eigenvalue weighted by Crippen LogP contribution is 2.26. The number of fused-ring (bicyclic) bond motifs is 1. The predicted octanol–water partition coefficient (Wildman–Crippen LogP) is 2.59. The Balaban J connectivity index is 0.000000753. The molecule has 0 aliphatic carbocycles. The van der Waals surface area contributed by atoms with Crippen LogP contribution in [-0.4, -0.2) is 34.2 Å². The first-order valence-corrected chi connectivity index (χ1v) is 8.42. The largest absolute Gasteiger partial charge is 0.356 e. The molecular formula is C17H24N6. The van der Waals surface area contributed by atoms with Crippen LogP contribution in [0.1, 0.15) is 49.4 Å². The molecule has 0 aromatic carbocycles. The van der Waals surface area contributed by atoms with Gasteiger partial charge in [0.25, 0.3) is 0 Å². The van der Waals surface area contributed by atoms with E-state index in [2.05, 4.69) is 36.0 Å². The second-order valence-electron chi connectivity index (χ2n) is 6.32. The number of nitriles is 1. The number of nitrogens with one attached hydrogen (secondary N) is 1. The summed E-state index contributed by atoms with van der Waals surface area (Å²) in [4.78, 5) is 7.27. The Bertz CT molecular complexity index is 677. The van der Waals surface area contributed by atoms with Gasteiger partial charge in [0.1, 0.15) is 5.82 Å². The summed E-state index contributed by atoms with van der Waals surface area (Å²) in [5, 5.41) is 14.8. The Kier molecular flexibility index (Phi) is 4.77. The van der Waals surface area contributed by atoms with Gasteiger partial charge >= 0.3 is 0 Å². The van der Waals surface area contributed by atoms with Crippen molar-refractivity contribution in [2.75, 3.05) is 24.5 Å². The van der Waals surface area contributed by atoms with Crippen LogP contribution < -0.4 is 10.2 Å². The first-order valence-electron chi connectivity index (χ1n) is 8.42. The van der Waals surface area contributed by atoms with Crippen molar-refractivity contribution in [3.8, 4) is 6.57 Å². The molecule has 1 N–H and O–H groups in total. The molecule has 2 aliphatic rings. The number of aryl methyl sites for hydroxylation is 1. The maximum atomic E-state index is 6.50. The summed E-state index contributed by atoms with van der Waals surface area (Å²) in [5.74, 6) is 1.14. The number of piperidine rings is 1. The normalized spacial score (nSPS) is 21.2. The Morgan fingerprint density at radius 1 is 1.22 bits per heavy atom. The monoisotopic (exact) mass is 312 g/mol. The van der Waals surface area contributed by atoms with Gasteiger partial charge in [-0.15, -0.1) is 0 Å². The van der Waals surface area contributed by atoms with Gasteiger partial charge in [0.2, 0.25) is 0 Å². The minimum absolute atomic E-state index is 0.399. The molecule has 4 heterocycles. The molecule has 0 saturated carbocycles. The lowest BCUT2D eigenvalue weighted by Gasteiger charge is -2.21. The van der Waals surface area contributed by atoms with Crippen LogP contribution >= 0.6 is 0 Å². The molecule has 1 unspecified atom stereocenters. The quantitative estimate of drug-likeness (QED) is 0.923. The van der Waals surface area contributed by atoms with Crippen molar-refractivity contribution < 1.29 is 0 Å². The zero-order valence-electron chi connectivity index (χ0n) is 13.7. The number of nitrogens with zero attached hydrogens (tertiary/aromatic N) is 5. The smallest absolute Gasteiger partial charge is 0.157 e. The number of rotatable bonds is 2. The third kappa shape index (κ3) is 3.15. The highest BCUT2D eigenvalue weighted by molar-refractivity contribution is 5.54. The summed E-state index contributed by atoms with van der Waals surface area (Å²) in [6, 6.07) is 2.55. The molecule has 2 saturated heterocycles. The fourth-order valence-corrected chi connectivity index (χ4v) is 3.54. The number of aromatic nitrogens is 3. The minimum Gasteiger partial charge on any atom is -0.356 e. The van der Waals surface area contributed by atoms with Crippen molar-refractivity contribution in [1.82, 2.24) is 19.9 Å². The van der Waals surface area contributed by atoms with Gasteiger partial charge in [-0.05, 0) is 39.2 Å². The minimum atomic E-state index is 0.399. The van der Waals surface area contributed by atoms with Crippen molar-refractivity contribution in [3.05, 3.63) is 23.5 Å². The van der Waals surface area contributed by atoms with Crippen LogP contribution in [0, 0.1) is 18.8 Å². The molecule has 0 radical (unpaired) electrons. The molecule has 2 aliphatic heterocycles. The molecule has 23 heavy (non-hydrogen) atoms. The predicted molar refractivity (Wildman–Crippen MR) is 90.4 cm³/mol.